The molecule has 0 saturated carbocycles. The molecular weight excluding hydrogens is 178 g/mol. The summed E-state index contributed by atoms with van der Waals surface area (Å²) in [5.74, 6) is 0.540. The van der Waals surface area contributed by atoms with Crippen LogP contribution in [-0.2, 0) is 11.2 Å². The van der Waals surface area contributed by atoms with E-state index in [0.29, 0.717) is 12.3 Å². The molecule has 1 aromatic rings. The van der Waals surface area contributed by atoms with Gasteiger partial charge in [-0.1, -0.05) is 13.8 Å². The monoisotopic (exact) mass is 195 g/mol. The highest BCUT2D eigenvalue weighted by Crippen LogP contribution is 2.07. The molecule has 3 nitrogen and oxygen atoms in total. The Morgan fingerprint density at radius 3 is 2.79 bits per heavy atom. The fraction of sp³-hybridized carbons (Fsp3) is 0.545. The second kappa shape index (κ2) is 4.96. The van der Waals surface area contributed by atoms with Gasteiger partial charge in [0.25, 0.3) is 0 Å². The maximum absolute atomic E-state index is 11.6. The molecule has 1 unspecified atom stereocenters. The van der Waals surface area contributed by atoms with Crippen molar-refractivity contribution in [1.82, 2.24) is 0 Å². The molecule has 0 aromatic carbocycles. The first-order chi connectivity index (χ1) is 6.59. The highest BCUT2D eigenvalue weighted by Gasteiger charge is 2.15. The average Bonchev–Trinajstić information content (AvgIpc) is 2.55. The second-order valence-corrected chi connectivity index (χ2v) is 4.01. The third-order valence-corrected chi connectivity index (χ3v) is 2.10. The van der Waals surface area contributed by atoms with Gasteiger partial charge in [0.1, 0.15) is 0 Å². The van der Waals surface area contributed by atoms with E-state index in [4.69, 9.17) is 10.2 Å². The van der Waals surface area contributed by atoms with E-state index in [2.05, 4.69) is 13.8 Å². The molecule has 0 aliphatic rings. The predicted molar refractivity (Wildman–Crippen MR) is 54.8 cm³/mol. The molecule has 1 heterocycles. The Labute approximate surface area is 84.3 Å². The van der Waals surface area contributed by atoms with Gasteiger partial charge >= 0.3 is 0 Å². The van der Waals surface area contributed by atoms with Gasteiger partial charge in [0, 0.05) is 6.42 Å². The lowest BCUT2D eigenvalue weighted by Crippen LogP contribution is -2.33. The largest absolute Gasteiger partial charge is 0.472 e. The smallest absolute Gasteiger partial charge is 0.154 e. The molecule has 0 radical (unpaired) electrons. The predicted octanol–water partition coefficient (Wildman–Crippen LogP) is 1.76. The molecule has 0 aliphatic carbocycles. The molecule has 14 heavy (non-hydrogen) atoms. The highest BCUT2D eigenvalue weighted by atomic mass is 16.3. The van der Waals surface area contributed by atoms with E-state index in [9.17, 15) is 4.79 Å². The Bertz CT molecular complexity index is 277. The number of Topliss-reactive ketones (excluding diaryl/α,β-unsaturated/α-hetero) is 1. The van der Waals surface area contributed by atoms with Crippen LogP contribution in [0.2, 0.25) is 0 Å². The Morgan fingerprint density at radius 2 is 2.29 bits per heavy atom. The molecule has 2 N–H and O–H groups in total. The van der Waals surface area contributed by atoms with Crippen molar-refractivity contribution in [3.63, 3.8) is 0 Å². The zero-order chi connectivity index (χ0) is 10.6. The number of carbonyl (C=O) groups excluding carboxylic acids is 1. The van der Waals surface area contributed by atoms with Crippen LogP contribution in [0.1, 0.15) is 25.8 Å². The van der Waals surface area contributed by atoms with Crippen LogP contribution in [0, 0.1) is 5.92 Å². The van der Waals surface area contributed by atoms with Crippen molar-refractivity contribution in [1.29, 1.82) is 0 Å². The van der Waals surface area contributed by atoms with Crippen molar-refractivity contribution in [2.75, 3.05) is 0 Å². The number of furan rings is 1. The van der Waals surface area contributed by atoms with Gasteiger partial charge in [-0.25, -0.2) is 0 Å². The van der Waals surface area contributed by atoms with Gasteiger partial charge in [-0.05, 0) is 24.0 Å². The third kappa shape index (κ3) is 3.34. The molecule has 1 rings (SSSR count). The Morgan fingerprint density at radius 1 is 1.57 bits per heavy atom. The SMILES string of the molecule is CC(C)CC(N)C(=O)Cc1ccoc1. The summed E-state index contributed by atoms with van der Waals surface area (Å²) in [4.78, 5) is 11.6. The molecule has 0 bridgehead atoms. The van der Waals surface area contributed by atoms with Gasteiger partial charge in [0.15, 0.2) is 5.78 Å². The molecule has 3 heteroatoms. The summed E-state index contributed by atoms with van der Waals surface area (Å²) in [6.45, 7) is 4.12. The molecule has 0 aliphatic heterocycles. The quantitative estimate of drug-likeness (QED) is 0.779. The van der Waals surface area contributed by atoms with E-state index in [1.807, 2.05) is 0 Å². The molecule has 1 aromatic heterocycles. The van der Waals surface area contributed by atoms with Gasteiger partial charge in [0.2, 0.25) is 0 Å². The minimum atomic E-state index is -0.343. The highest BCUT2D eigenvalue weighted by molar-refractivity contribution is 5.85. The second-order valence-electron chi connectivity index (χ2n) is 4.01. The van der Waals surface area contributed by atoms with Crippen LogP contribution in [0.15, 0.2) is 23.0 Å². The molecule has 0 spiro atoms. The maximum Gasteiger partial charge on any atom is 0.154 e. The summed E-state index contributed by atoms with van der Waals surface area (Å²) >= 11 is 0. The van der Waals surface area contributed by atoms with Crippen LogP contribution in [0.4, 0.5) is 0 Å². The maximum atomic E-state index is 11.6. The summed E-state index contributed by atoms with van der Waals surface area (Å²) in [6, 6.07) is 1.45. The Kier molecular flexibility index (Phi) is 3.89. The fourth-order valence-corrected chi connectivity index (χ4v) is 1.36. The van der Waals surface area contributed by atoms with Crippen LogP contribution in [0.5, 0.6) is 0 Å². The van der Waals surface area contributed by atoms with E-state index < -0.39 is 0 Å². The van der Waals surface area contributed by atoms with Gasteiger partial charge < -0.3 is 10.2 Å². The van der Waals surface area contributed by atoms with E-state index in [1.165, 1.54) is 0 Å². The number of carbonyl (C=O) groups is 1. The standard InChI is InChI=1S/C11H17NO2/c1-8(2)5-10(12)11(13)6-9-3-4-14-7-9/h3-4,7-8,10H,5-6,12H2,1-2H3. The van der Waals surface area contributed by atoms with Crippen LogP contribution in [0.3, 0.4) is 0 Å². The normalized spacial score (nSPS) is 13.1. The van der Waals surface area contributed by atoms with E-state index >= 15 is 0 Å². The summed E-state index contributed by atoms with van der Waals surface area (Å²) in [5.41, 5.74) is 6.65. The van der Waals surface area contributed by atoms with E-state index in [1.54, 1.807) is 18.6 Å². The Balaban J connectivity index is 2.42. The fourth-order valence-electron chi connectivity index (χ4n) is 1.36. The van der Waals surface area contributed by atoms with E-state index in [0.717, 1.165) is 12.0 Å². The molecule has 1 atom stereocenters. The lowest BCUT2D eigenvalue weighted by Gasteiger charge is -2.11. The van der Waals surface area contributed by atoms with Crippen LogP contribution in [-0.4, -0.2) is 11.8 Å². The minimum absolute atomic E-state index is 0.0834. The van der Waals surface area contributed by atoms with Gasteiger partial charge in [-0.2, -0.15) is 0 Å². The Hall–Kier alpha value is -1.09. The van der Waals surface area contributed by atoms with E-state index in [-0.39, 0.29) is 11.8 Å². The first-order valence-corrected chi connectivity index (χ1v) is 4.89. The molecule has 0 fully saturated rings. The minimum Gasteiger partial charge on any atom is -0.472 e. The lowest BCUT2D eigenvalue weighted by atomic mass is 9.98. The third-order valence-electron chi connectivity index (χ3n) is 2.10. The molecule has 78 valence electrons. The van der Waals surface area contributed by atoms with Crippen molar-refractivity contribution in [2.45, 2.75) is 32.7 Å². The van der Waals surface area contributed by atoms with Gasteiger partial charge in [0.05, 0.1) is 18.6 Å². The number of hydrogen-bond donors (Lipinski definition) is 1. The zero-order valence-corrected chi connectivity index (χ0v) is 8.69. The van der Waals surface area contributed by atoms with Crippen LogP contribution < -0.4 is 5.73 Å². The van der Waals surface area contributed by atoms with Crippen molar-refractivity contribution in [2.24, 2.45) is 11.7 Å². The summed E-state index contributed by atoms with van der Waals surface area (Å²) in [5, 5.41) is 0. The zero-order valence-electron chi connectivity index (χ0n) is 8.69. The van der Waals surface area contributed by atoms with Crippen molar-refractivity contribution in [3.05, 3.63) is 24.2 Å². The summed E-state index contributed by atoms with van der Waals surface area (Å²) in [6.07, 6.45) is 4.28. The first-order valence-electron chi connectivity index (χ1n) is 4.89. The number of hydrogen-bond acceptors (Lipinski definition) is 3. The lowest BCUT2D eigenvalue weighted by molar-refractivity contribution is -0.120. The van der Waals surface area contributed by atoms with Crippen molar-refractivity contribution in [3.8, 4) is 0 Å². The average molecular weight is 195 g/mol. The number of ketones is 1. The topological polar surface area (TPSA) is 56.2 Å². The number of nitrogens with two attached hydrogens (primary N) is 1. The molecule has 0 saturated heterocycles. The molecular formula is C11H17NO2. The van der Waals surface area contributed by atoms with Crippen LogP contribution >= 0.6 is 0 Å². The summed E-state index contributed by atoms with van der Waals surface area (Å²) < 4.78 is 4.88. The van der Waals surface area contributed by atoms with Crippen molar-refractivity contribution >= 4 is 5.78 Å². The van der Waals surface area contributed by atoms with Crippen LogP contribution in [0.25, 0.3) is 0 Å². The summed E-state index contributed by atoms with van der Waals surface area (Å²) in [7, 11) is 0. The number of rotatable bonds is 5. The van der Waals surface area contributed by atoms with Crippen molar-refractivity contribution < 1.29 is 9.21 Å². The van der Waals surface area contributed by atoms with Gasteiger partial charge in [-0.3, -0.25) is 4.79 Å². The molecule has 0 amide bonds. The van der Waals surface area contributed by atoms with Gasteiger partial charge in [-0.15, -0.1) is 0 Å². The first kappa shape index (κ1) is 11.0.